The van der Waals surface area contributed by atoms with E-state index in [0.717, 1.165) is 31.7 Å². The zero-order valence-corrected chi connectivity index (χ0v) is 12.7. The van der Waals surface area contributed by atoms with Crippen molar-refractivity contribution in [1.82, 2.24) is 4.90 Å². The second kappa shape index (κ2) is 5.58. The van der Waals surface area contributed by atoms with Gasteiger partial charge in [-0.15, -0.1) is 0 Å². The summed E-state index contributed by atoms with van der Waals surface area (Å²) in [5.74, 6) is 1.88. The van der Waals surface area contributed by atoms with Crippen molar-refractivity contribution in [2.45, 2.75) is 51.0 Å². The smallest absolute Gasteiger partial charge is 0.0677 e. The van der Waals surface area contributed by atoms with Crippen LogP contribution in [0.3, 0.4) is 0 Å². The summed E-state index contributed by atoms with van der Waals surface area (Å²) in [4.78, 5) is 2.71. The molecular formula is C17H29NO2. The third kappa shape index (κ3) is 3.05. The molecule has 20 heavy (non-hydrogen) atoms. The quantitative estimate of drug-likeness (QED) is 0.746. The van der Waals surface area contributed by atoms with Gasteiger partial charge in [-0.25, -0.2) is 0 Å². The molecular weight excluding hydrogens is 250 g/mol. The van der Waals surface area contributed by atoms with Gasteiger partial charge in [-0.3, -0.25) is 0 Å². The number of rotatable bonds is 6. The fourth-order valence-corrected chi connectivity index (χ4v) is 4.13. The van der Waals surface area contributed by atoms with Gasteiger partial charge < -0.3 is 14.4 Å². The van der Waals surface area contributed by atoms with Crippen LogP contribution in [0.4, 0.5) is 0 Å². The molecule has 4 aliphatic rings. The largest absolute Gasteiger partial charge is 0.380 e. The topological polar surface area (TPSA) is 21.7 Å². The van der Waals surface area contributed by atoms with Crippen molar-refractivity contribution in [3.05, 3.63) is 0 Å². The molecule has 0 unspecified atom stereocenters. The van der Waals surface area contributed by atoms with E-state index in [1.54, 1.807) is 0 Å². The van der Waals surface area contributed by atoms with Crippen molar-refractivity contribution in [2.24, 2.45) is 17.3 Å². The first-order valence-electron chi connectivity index (χ1n) is 8.76. The summed E-state index contributed by atoms with van der Waals surface area (Å²) in [6.45, 7) is 6.70. The summed E-state index contributed by atoms with van der Waals surface area (Å²) < 4.78 is 12.2. The van der Waals surface area contributed by atoms with Crippen LogP contribution in [0.2, 0.25) is 0 Å². The second-order valence-electron chi connectivity index (χ2n) is 7.75. The van der Waals surface area contributed by atoms with E-state index >= 15 is 0 Å². The Labute approximate surface area is 123 Å². The molecule has 0 bridgehead atoms. The highest BCUT2D eigenvalue weighted by Crippen LogP contribution is 2.42. The molecule has 3 nitrogen and oxygen atoms in total. The highest BCUT2D eigenvalue weighted by molar-refractivity contribution is 4.97. The fourth-order valence-electron chi connectivity index (χ4n) is 4.13. The van der Waals surface area contributed by atoms with Crippen LogP contribution in [0.1, 0.15) is 44.9 Å². The van der Waals surface area contributed by atoms with Crippen LogP contribution in [0.5, 0.6) is 0 Å². The minimum atomic E-state index is 0.306. The molecule has 4 fully saturated rings. The van der Waals surface area contributed by atoms with Crippen LogP contribution in [0.15, 0.2) is 0 Å². The Balaban J connectivity index is 1.38. The van der Waals surface area contributed by atoms with Gasteiger partial charge in [-0.05, 0) is 56.8 Å². The van der Waals surface area contributed by atoms with Gasteiger partial charge in [-0.1, -0.05) is 0 Å². The minimum absolute atomic E-state index is 0.306. The minimum Gasteiger partial charge on any atom is -0.380 e. The highest BCUT2D eigenvalue weighted by Gasteiger charge is 2.46. The summed E-state index contributed by atoms with van der Waals surface area (Å²) in [6, 6.07) is 0. The van der Waals surface area contributed by atoms with Crippen LogP contribution in [0.25, 0.3) is 0 Å². The number of fused-ring (bicyclic) bond motifs is 1. The van der Waals surface area contributed by atoms with Crippen molar-refractivity contribution in [2.75, 3.05) is 39.5 Å². The average Bonchev–Trinajstić information content (AvgIpc) is 3.34. The lowest BCUT2D eigenvalue weighted by molar-refractivity contribution is -0.153. The van der Waals surface area contributed by atoms with Gasteiger partial charge in [-0.2, -0.15) is 0 Å². The molecule has 2 heterocycles. The maximum Gasteiger partial charge on any atom is 0.0677 e. The molecule has 0 radical (unpaired) electrons. The van der Waals surface area contributed by atoms with Gasteiger partial charge in [0.15, 0.2) is 0 Å². The molecule has 2 saturated carbocycles. The molecule has 0 aromatic heterocycles. The molecule has 0 aromatic rings. The van der Waals surface area contributed by atoms with E-state index in [9.17, 15) is 0 Å². The first kappa shape index (κ1) is 13.5. The average molecular weight is 279 g/mol. The molecule has 114 valence electrons. The second-order valence-corrected chi connectivity index (χ2v) is 7.75. The van der Waals surface area contributed by atoms with Crippen LogP contribution >= 0.6 is 0 Å². The molecule has 2 atom stereocenters. The number of piperidine rings is 1. The van der Waals surface area contributed by atoms with Crippen molar-refractivity contribution in [3.63, 3.8) is 0 Å². The van der Waals surface area contributed by atoms with Gasteiger partial charge in [0.2, 0.25) is 0 Å². The van der Waals surface area contributed by atoms with E-state index in [4.69, 9.17) is 9.47 Å². The third-order valence-corrected chi connectivity index (χ3v) is 5.72. The lowest BCUT2D eigenvalue weighted by Gasteiger charge is -2.50. The molecule has 0 aromatic carbocycles. The predicted octanol–water partition coefficient (Wildman–Crippen LogP) is 2.69. The van der Waals surface area contributed by atoms with Crippen molar-refractivity contribution >= 4 is 0 Å². The first-order valence-corrected chi connectivity index (χ1v) is 8.76. The van der Waals surface area contributed by atoms with Gasteiger partial charge in [0, 0.05) is 38.3 Å². The van der Waals surface area contributed by atoms with E-state index in [-0.39, 0.29) is 0 Å². The van der Waals surface area contributed by atoms with Crippen LogP contribution < -0.4 is 0 Å². The molecule has 3 heteroatoms. The van der Waals surface area contributed by atoms with Gasteiger partial charge in [0.25, 0.3) is 0 Å². The van der Waals surface area contributed by atoms with Crippen molar-refractivity contribution < 1.29 is 9.47 Å². The fraction of sp³-hybridized carbons (Fsp3) is 1.00. The molecule has 0 N–H and O–H groups in total. The Hall–Kier alpha value is -0.120. The molecule has 2 aliphatic carbocycles. The van der Waals surface area contributed by atoms with Crippen LogP contribution in [-0.2, 0) is 9.47 Å². The predicted molar refractivity (Wildman–Crippen MR) is 78.7 cm³/mol. The molecule has 4 rings (SSSR count). The summed E-state index contributed by atoms with van der Waals surface area (Å²) in [6.07, 6.45) is 9.92. The molecule has 0 spiro atoms. The Bertz CT molecular complexity index is 340. The SMILES string of the molecule is C1CO[C@H]2CCN(CC3CC3)C[C@]2(COCC2CC2)C1. The van der Waals surface area contributed by atoms with Gasteiger partial charge in [0.05, 0.1) is 12.7 Å². The summed E-state index contributed by atoms with van der Waals surface area (Å²) in [7, 11) is 0. The van der Waals surface area contributed by atoms with E-state index in [2.05, 4.69) is 4.90 Å². The maximum atomic E-state index is 6.12. The van der Waals surface area contributed by atoms with E-state index in [1.165, 1.54) is 64.6 Å². The van der Waals surface area contributed by atoms with E-state index in [1.807, 2.05) is 0 Å². The number of likely N-dealkylation sites (tertiary alicyclic amines) is 1. The molecule has 2 saturated heterocycles. The third-order valence-electron chi connectivity index (χ3n) is 5.72. The Morgan fingerprint density at radius 1 is 1.10 bits per heavy atom. The zero-order chi connectivity index (χ0) is 13.4. The number of ether oxygens (including phenoxy) is 2. The number of hydrogen-bond donors (Lipinski definition) is 0. The monoisotopic (exact) mass is 279 g/mol. The van der Waals surface area contributed by atoms with Crippen molar-refractivity contribution in [1.29, 1.82) is 0 Å². The summed E-state index contributed by atoms with van der Waals surface area (Å²) in [5.41, 5.74) is 0.306. The van der Waals surface area contributed by atoms with Gasteiger partial charge in [0.1, 0.15) is 0 Å². The van der Waals surface area contributed by atoms with Crippen LogP contribution in [0, 0.1) is 17.3 Å². The number of hydrogen-bond acceptors (Lipinski definition) is 3. The lowest BCUT2D eigenvalue weighted by Crippen LogP contribution is -2.57. The summed E-state index contributed by atoms with van der Waals surface area (Å²) >= 11 is 0. The standard InChI is InChI=1S/C17H29NO2/c1-7-17(13-19-11-15-4-5-15)12-18(10-14-2-3-14)8-6-16(17)20-9-1/h14-16H,1-13H2/t16-,17-/m0/s1. The van der Waals surface area contributed by atoms with Crippen molar-refractivity contribution in [3.8, 4) is 0 Å². The maximum absolute atomic E-state index is 6.12. The number of nitrogens with zero attached hydrogens (tertiary/aromatic N) is 1. The first-order chi connectivity index (χ1) is 9.84. The lowest BCUT2D eigenvalue weighted by atomic mass is 9.73. The highest BCUT2D eigenvalue weighted by atomic mass is 16.5. The zero-order valence-electron chi connectivity index (χ0n) is 12.7. The van der Waals surface area contributed by atoms with E-state index in [0.29, 0.717) is 11.5 Å². The van der Waals surface area contributed by atoms with Crippen LogP contribution in [-0.4, -0.2) is 50.5 Å². The summed E-state index contributed by atoms with van der Waals surface area (Å²) in [5, 5.41) is 0. The molecule has 2 aliphatic heterocycles. The van der Waals surface area contributed by atoms with E-state index < -0.39 is 0 Å². The van der Waals surface area contributed by atoms with Gasteiger partial charge >= 0.3 is 0 Å². The molecule has 0 amide bonds. The normalized spacial score (nSPS) is 38.7. The Morgan fingerprint density at radius 2 is 1.95 bits per heavy atom. The Kier molecular flexibility index (Phi) is 3.78. The Morgan fingerprint density at radius 3 is 2.75 bits per heavy atom.